The smallest absolute Gasteiger partial charge is 0.319 e. The molecule has 2 aliphatic carbocycles. The molecule has 2 aromatic carbocycles. The highest BCUT2D eigenvalue weighted by Crippen LogP contribution is 2.42. The minimum absolute atomic E-state index is 0. The number of hydrogen-bond acceptors (Lipinski definition) is 5. The lowest BCUT2D eigenvalue weighted by Gasteiger charge is -2.21. The van der Waals surface area contributed by atoms with Crippen LogP contribution in [0.1, 0.15) is 89.3 Å². The second kappa shape index (κ2) is 9.85. The van der Waals surface area contributed by atoms with Gasteiger partial charge in [-0.05, 0) is 68.5 Å². The topological polar surface area (TPSA) is 109 Å². The first-order chi connectivity index (χ1) is 15.6. The maximum atomic E-state index is 14.1. The second-order valence-corrected chi connectivity index (χ2v) is 8.25. The van der Waals surface area contributed by atoms with Gasteiger partial charge in [0.15, 0.2) is 17.3 Å². The van der Waals surface area contributed by atoms with Gasteiger partial charge >= 0.3 is 6.03 Å². The summed E-state index contributed by atoms with van der Waals surface area (Å²) in [4.78, 5) is 57.3. The van der Waals surface area contributed by atoms with E-state index in [-0.39, 0.29) is 49.8 Å². The molecule has 7 nitrogen and oxygen atoms in total. The maximum Gasteiger partial charge on any atom is 0.322 e. The zero-order valence-corrected chi connectivity index (χ0v) is 17.9. The summed E-state index contributed by atoms with van der Waals surface area (Å²) in [5.74, 6) is -2.13. The standard InChI is InChI=1S/C13H11FN2O3.C11H9FO2.2CH4/c1-6(17)7-2-3-9(14)10-8(7)4-5-13(10)11(18)15-12(19)16-13;1-6(13)7-2-4-9(12)11-8(7)3-5-10(11)14;;/h2-3H,4-5H2,1H3,(H2,15,16,18,19);2,4H,3,5H2,1H3;2*1H4. The third-order valence-electron chi connectivity index (χ3n) is 6.28. The van der Waals surface area contributed by atoms with Gasteiger partial charge in [0, 0.05) is 23.1 Å². The van der Waals surface area contributed by atoms with E-state index in [0.717, 1.165) is 0 Å². The summed E-state index contributed by atoms with van der Waals surface area (Å²) in [5.41, 5.74) is 0.880. The third-order valence-corrected chi connectivity index (χ3v) is 6.28. The number of carbonyl (C=O) groups excluding carboxylic acids is 5. The fourth-order valence-electron chi connectivity index (χ4n) is 4.83. The predicted octanol–water partition coefficient (Wildman–Crippen LogP) is 4.44. The van der Waals surface area contributed by atoms with Gasteiger partial charge < -0.3 is 5.32 Å². The Morgan fingerprint density at radius 2 is 1.40 bits per heavy atom. The number of nitrogens with one attached hydrogen (secondary N) is 2. The summed E-state index contributed by atoms with van der Waals surface area (Å²) in [6.45, 7) is 2.82. The van der Waals surface area contributed by atoms with Gasteiger partial charge in [0.1, 0.15) is 17.2 Å². The van der Waals surface area contributed by atoms with Gasteiger partial charge in [-0.3, -0.25) is 24.5 Å². The van der Waals surface area contributed by atoms with Gasteiger partial charge in [-0.2, -0.15) is 0 Å². The molecule has 0 saturated carbocycles. The molecule has 1 heterocycles. The Kier molecular flexibility index (Phi) is 7.74. The first-order valence-corrected chi connectivity index (χ1v) is 10.4. The van der Waals surface area contributed by atoms with E-state index in [0.29, 0.717) is 41.5 Å². The molecule has 186 valence electrons. The van der Waals surface area contributed by atoms with Gasteiger partial charge in [0.05, 0.1) is 5.56 Å². The highest BCUT2D eigenvalue weighted by molar-refractivity contribution is 6.09. The van der Waals surface area contributed by atoms with Crippen molar-refractivity contribution in [3.05, 3.63) is 69.3 Å². The van der Waals surface area contributed by atoms with Crippen LogP contribution < -0.4 is 10.6 Å². The molecule has 1 fully saturated rings. The van der Waals surface area contributed by atoms with E-state index in [1.807, 2.05) is 0 Å². The van der Waals surface area contributed by atoms with Gasteiger partial charge in [-0.1, -0.05) is 14.9 Å². The normalized spacial score (nSPS) is 18.9. The zero-order chi connectivity index (χ0) is 24.1. The van der Waals surface area contributed by atoms with Gasteiger partial charge in [-0.15, -0.1) is 0 Å². The van der Waals surface area contributed by atoms with Crippen molar-refractivity contribution in [1.82, 2.24) is 10.6 Å². The number of hydrogen-bond donors (Lipinski definition) is 2. The van der Waals surface area contributed by atoms with Gasteiger partial charge in [0.25, 0.3) is 5.91 Å². The van der Waals surface area contributed by atoms with E-state index in [9.17, 15) is 32.8 Å². The van der Waals surface area contributed by atoms with Crippen molar-refractivity contribution >= 4 is 29.3 Å². The van der Waals surface area contributed by atoms with E-state index >= 15 is 0 Å². The second-order valence-electron chi connectivity index (χ2n) is 8.25. The largest absolute Gasteiger partial charge is 0.322 e. The van der Waals surface area contributed by atoms with Crippen LogP contribution in [0.25, 0.3) is 0 Å². The van der Waals surface area contributed by atoms with Crippen LogP contribution in [-0.2, 0) is 23.2 Å². The fourth-order valence-corrected chi connectivity index (χ4v) is 4.83. The van der Waals surface area contributed by atoms with Crippen molar-refractivity contribution in [1.29, 1.82) is 0 Å². The maximum absolute atomic E-state index is 14.1. The van der Waals surface area contributed by atoms with Crippen molar-refractivity contribution in [3.8, 4) is 0 Å². The minimum Gasteiger partial charge on any atom is -0.319 e. The number of carbonyl (C=O) groups is 5. The Morgan fingerprint density at radius 3 is 1.94 bits per heavy atom. The summed E-state index contributed by atoms with van der Waals surface area (Å²) in [5, 5.41) is 4.62. The Labute approximate surface area is 202 Å². The van der Waals surface area contributed by atoms with Crippen LogP contribution in [0, 0.1) is 11.6 Å². The highest BCUT2D eigenvalue weighted by atomic mass is 19.1. The molecule has 9 heteroatoms. The minimum atomic E-state index is -1.36. The summed E-state index contributed by atoms with van der Waals surface area (Å²) in [6, 6.07) is 4.60. The quantitative estimate of drug-likeness (QED) is 0.482. The summed E-state index contributed by atoms with van der Waals surface area (Å²) >= 11 is 0. The number of halogens is 2. The fraction of sp³-hybridized carbons (Fsp3) is 0.346. The zero-order valence-electron chi connectivity index (χ0n) is 17.9. The molecule has 3 amide bonds. The molecule has 5 rings (SSSR count). The molecule has 2 N–H and O–H groups in total. The van der Waals surface area contributed by atoms with Gasteiger partial charge in [0.2, 0.25) is 0 Å². The van der Waals surface area contributed by atoms with Crippen molar-refractivity contribution < 1.29 is 32.8 Å². The molecule has 0 radical (unpaired) electrons. The molecule has 35 heavy (non-hydrogen) atoms. The highest BCUT2D eigenvalue weighted by Gasteiger charge is 2.53. The Balaban J connectivity index is 0.000000243. The van der Waals surface area contributed by atoms with Crippen molar-refractivity contribution in [2.75, 3.05) is 0 Å². The number of benzene rings is 2. The molecule has 1 aliphatic heterocycles. The lowest BCUT2D eigenvalue weighted by Crippen LogP contribution is -2.42. The Bertz CT molecular complexity index is 1270. The molecule has 3 aliphatic rings. The van der Waals surface area contributed by atoms with E-state index in [2.05, 4.69) is 10.6 Å². The van der Waals surface area contributed by atoms with Crippen LogP contribution in [0.5, 0.6) is 0 Å². The van der Waals surface area contributed by atoms with Crippen LogP contribution in [0.15, 0.2) is 24.3 Å². The first-order valence-electron chi connectivity index (χ1n) is 10.4. The molecule has 1 spiro atoms. The van der Waals surface area contributed by atoms with E-state index in [1.54, 1.807) is 0 Å². The monoisotopic (exact) mass is 486 g/mol. The molecule has 2 aromatic rings. The Morgan fingerprint density at radius 1 is 0.829 bits per heavy atom. The molecule has 1 unspecified atom stereocenters. The SMILES string of the molecule is C.C.CC(=O)c1ccc(F)c2c1CCC21NC(=O)NC1=O.CC(=O)c1ccc(F)c2c1CCC2=O. The lowest BCUT2D eigenvalue weighted by molar-refractivity contribution is -0.124. The van der Waals surface area contributed by atoms with Crippen molar-refractivity contribution in [3.63, 3.8) is 0 Å². The molecular formula is C26H28F2N2O5. The molecule has 1 saturated heterocycles. The molecule has 1 atom stereocenters. The van der Waals surface area contributed by atoms with E-state index < -0.39 is 29.1 Å². The summed E-state index contributed by atoms with van der Waals surface area (Å²) in [7, 11) is 0. The third kappa shape index (κ3) is 4.38. The number of amides is 3. The van der Waals surface area contributed by atoms with E-state index in [4.69, 9.17) is 0 Å². The number of rotatable bonds is 2. The predicted molar refractivity (Wildman–Crippen MR) is 126 cm³/mol. The average Bonchev–Trinajstić information content (AvgIpc) is 3.40. The van der Waals surface area contributed by atoms with Crippen LogP contribution in [-0.4, -0.2) is 29.3 Å². The molecular weight excluding hydrogens is 458 g/mol. The number of fused-ring (bicyclic) bond motifs is 3. The van der Waals surface area contributed by atoms with Crippen molar-refractivity contribution in [2.24, 2.45) is 0 Å². The molecule has 0 bridgehead atoms. The van der Waals surface area contributed by atoms with E-state index in [1.165, 1.54) is 38.1 Å². The Hall–Kier alpha value is -3.75. The van der Waals surface area contributed by atoms with Crippen LogP contribution in [0.3, 0.4) is 0 Å². The lowest BCUT2D eigenvalue weighted by atomic mass is 9.90. The number of imide groups is 1. The first kappa shape index (κ1) is 27.5. The number of Topliss-reactive ketones (excluding diaryl/α,β-unsaturated/α-hetero) is 3. The summed E-state index contributed by atoms with van der Waals surface area (Å²) < 4.78 is 27.3. The van der Waals surface area contributed by atoms with Crippen LogP contribution >= 0.6 is 0 Å². The average molecular weight is 487 g/mol. The van der Waals surface area contributed by atoms with Crippen LogP contribution in [0.2, 0.25) is 0 Å². The molecule has 0 aromatic heterocycles. The number of urea groups is 1. The van der Waals surface area contributed by atoms with Crippen LogP contribution in [0.4, 0.5) is 13.6 Å². The number of ketones is 3. The summed E-state index contributed by atoms with van der Waals surface area (Å²) in [6.07, 6.45) is 1.45. The van der Waals surface area contributed by atoms with Gasteiger partial charge in [-0.25, -0.2) is 13.6 Å². The van der Waals surface area contributed by atoms with Crippen molar-refractivity contribution in [2.45, 2.75) is 59.9 Å².